The largest absolute Gasteiger partial charge is 0.352 e. The number of nitrogens with one attached hydrogen (secondary N) is 2. The molecule has 0 saturated carbocycles. The molecule has 3 aromatic rings. The summed E-state index contributed by atoms with van der Waals surface area (Å²) in [6.07, 6.45) is 1.95. The lowest BCUT2D eigenvalue weighted by Gasteiger charge is -2.11. The molecule has 0 bridgehead atoms. The van der Waals surface area contributed by atoms with E-state index in [4.69, 9.17) is 0 Å². The van der Waals surface area contributed by atoms with Gasteiger partial charge in [-0.05, 0) is 24.6 Å². The van der Waals surface area contributed by atoms with E-state index >= 15 is 0 Å². The van der Waals surface area contributed by atoms with Gasteiger partial charge < -0.3 is 10.6 Å². The predicted molar refractivity (Wildman–Crippen MR) is 91.2 cm³/mol. The van der Waals surface area contributed by atoms with Crippen LogP contribution in [-0.2, 0) is 13.1 Å². The average Bonchev–Trinajstić information content (AvgIpc) is 3.00. The van der Waals surface area contributed by atoms with Crippen LogP contribution >= 0.6 is 0 Å². The summed E-state index contributed by atoms with van der Waals surface area (Å²) in [6.45, 7) is 3.36. The van der Waals surface area contributed by atoms with Crippen molar-refractivity contribution in [3.8, 4) is 0 Å². The third-order valence-corrected chi connectivity index (χ3v) is 3.60. The normalized spacial score (nSPS) is 11.7. The molecule has 118 valence electrons. The van der Waals surface area contributed by atoms with Crippen molar-refractivity contribution in [2.24, 2.45) is 4.99 Å². The molecular weight excluding hydrogens is 288 g/mol. The zero-order valence-electron chi connectivity index (χ0n) is 13.3. The molecule has 2 heterocycles. The number of hydrogen-bond acceptors (Lipinski definition) is 3. The van der Waals surface area contributed by atoms with E-state index in [1.54, 1.807) is 7.05 Å². The van der Waals surface area contributed by atoms with Gasteiger partial charge in [-0.15, -0.1) is 10.2 Å². The van der Waals surface area contributed by atoms with Crippen LogP contribution in [0.1, 0.15) is 17.0 Å². The van der Waals surface area contributed by atoms with Gasteiger partial charge in [0.05, 0.1) is 6.54 Å². The Morgan fingerprint density at radius 3 is 2.61 bits per heavy atom. The Balaban J connectivity index is 1.58. The van der Waals surface area contributed by atoms with Crippen molar-refractivity contribution in [2.75, 3.05) is 7.05 Å². The molecule has 3 rings (SSSR count). The van der Waals surface area contributed by atoms with Crippen LogP contribution < -0.4 is 10.6 Å². The van der Waals surface area contributed by atoms with Crippen LogP contribution in [0, 0.1) is 6.92 Å². The van der Waals surface area contributed by atoms with Gasteiger partial charge in [0.2, 0.25) is 0 Å². The van der Waals surface area contributed by atoms with Crippen LogP contribution in [0.2, 0.25) is 0 Å². The lowest BCUT2D eigenvalue weighted by molar-refractivity contribution is 0.762. The van der Waals surface area contributed by atoms with Crippen molar-refractivity contribution < 1.29 is 0 Å². The number of aromatic nitrogens is 3. The lowest BCUT2D eigenvalue weighted by atomic mass is 10.1. The summed E-state index contributed by atoms with van der Waals surface area (Å²) in [4.78, 5) is 4.24. The molecule has 0 spiro atoms. The van der Waals surface area contributed by atoms with Crippen LogP contribution in [0.25, 0.3) is 5.65 Å². The Morgan fingerprint density at radius 1 is 1.04 bits per heavy atom. The summed E-state index contributed by atoms with van der Waals surface area (Å²) in [5, 5.41) is 14.9. The molecule has 0 unspecified atom stereocenters. The van der Waals surface area contributed by atoms with Gasteiger partial charge in [-0.25, -0.2) is 0 Å². The number of aliphatic imine (C=N–C) groups is 1. The zero-order valence-corrected chi connectivity index (χ0v) is 13.3. The number of guanidine groups is 1. The molecule has 0 radical (unpaired) electrons. The molecular formula is C17H20N6. The Kier molecular flexibility index (Phi) is 4.52. The van der Waals surface area contributed by atoms with Crippen molar-refractivity contribution in [3.63, 3.8) is 0 Å². The Morgan fingerprint density at radius 2 is 1.83 bits per heavy atom. The number of aryl methyl sites for hydroxylation is 1. The first-order chi connectivity index (χ1) is 11.3. The minimum absolute atomic E-state index is 0.554. The quantitative estimate of drug-likeness (QED) is 0.571. The third kappa shape index (κ3) is 3.66. The van der Waals surface area contributed by atoms with E-state index in [9.17, 15) is 0 Å². The van der Waals surface area contributed by atoms with Gasteiger partial charge >= 0.3 is 0 Å². The fourth-order valence-corrected chi connectivity index (χ4v) is 2.29. The van der Waals surface area contributed by atoms with Crippen LogP contribution in [0.5, 0.6) is 0 Å². The van der Waals surface area contributed by atoms with Crippen LogP contribution in [0.15, 0.2) is 53.7 Å². The van der Waals surface area contributed by atoms with E-state index in [1.165, 1.54) is 11.1 Å². The van der Waals surface area contributed by atoms with E-state index in [-0.39, 0.29) is 0 Å². The molecule has 0 aliphatic carbocycles. The first-order valence-corrected chi connectivity index (χ1v) is 7.55. The highest BCUT2D eigenvalue weighted by Gasteiger charge is 2.05. The number of hydrogen-bond donors (Lipinski definition) is 2. The second-order valence-electron chi connectivity index (χ2n) is 5.31. The Hall–Kier alpha value is -2.89. The molecule has 0 amide bonds. The van der Waals surface area contributed by atoms with E-state index in [1.807, 2.05) is 28.8 Å². The van der Waals surface area contributed by atoms with Crippen molar-refractivity contribution >= 4 is 11.6 Å². The number of fused-ring (bicyclic) bond motifs is 1. The summed E-state index contributed by atoms with van der Waals surface area (Å²) in [5.74, 6) is 1.58. The molecule has 0 aliphatic rings. The Labute approximate surface area is 135 Å². The maximum Gasteiger partial charge on any atom is 0.191 e. The van der Waals surface area contributed by atoms with E-state index in [0.717, 1.165) is 24.0 Å². The van der Waals surface area contributed by atoms with Crippen LogP contribution in [-0.4, -0.2) is 27.6 Å². The number of pyridine rings is 1. The van der Waals surface area contributed by atoms with Gasteiger partial charge in [-0.1, -0.05) is 35.9 Å². The van der Waals surface area contributed by atoms with Gasteiger partial charge in [0.15, 0.2) is 17.4 Å². The topological polar surface area (TPSA) is 66.6 Å². The number of nitrogens with zero attached hydrogens (tertiary/aromatic N) is 4. The minimum Gasteiger partial charge on any atom is -0.352 e. The highest BCUT2D eigenvalue weighted by Crippen LogP contribution is 2.03. The maximum atomic E-state index is 4.24. The molecule has 0 fully saturated rings. The SMILES string of the molecule is CN=C(NCc1ccc(C)cc1)NCc1nnc2ccccn12. The highest BCUT2D eigenvalue weighted by atomic mass is 15.3. The fraction of sp³-hybridized carbons (Fsp3) is 0.235. The number of rotatable bonds is 4. The third-order valence-electron chi connectivity index (χ3n) is 3.60. The van der Waals surface area contributed by atoms with E-state index in [0.29, 0.717) is 6.54 Å². The molecule has 0 saturated heterocycles. The van der Waals surface area contributed by atoms with Crippen molar-refractivity contribution in [1.82, 2.24) is 25.2 Å². The first-order valence-electron chi connectivity index (χ1n) is 7.55. The van der Waals surface area contributed by atoms with Gasteiger partial charge in [-0.3, -0.25) is 9.39 Å². The first kappa shape index (κ1) is 15.0. The van der Waals surface area contributed by atoms with Crippen LogP contribution in [0.4, 0.5) is 0 Å². The van der Waals surface area contributed by atoms with E-state index < -0.39 is 0 Å². The second kappa shape index (κ2) is 6.91. The lowest BCUT2D eigenvalue weighted by Crippen LogP contribution is -2.36. The van der Waals surface area contributed by atoms with E-state index in [2.05, 4.69) is 57.0 Å². The van der Waals surface area contributed by atoms with Crippen molar-refractivity contribution in [3.05, 3.63) is 65.6 Å². The zero-order chi connectivity index (χ0) is 16.1. The van der Waals surface area contributed by atoms with Crippen molar-refractivity contribution in [2.45, 2.75) is 20.0 Å². The monoisotopic (exact) mass is 308 g/mol. The Bertz CT molecular complexity index is 803. The van der Waals surface area contributed by atoms with Gasteiger partial charge in [0.1, 0.15) is 0 Å². The number of benzene rings is 1. The smallest absolute Gasteiger partial charge is 0.191 e. The van der Waals surface area contributed by atoms with Gasteiger partial charge in [-0.2, -0.15) is 0 Å². The molecule has 6 heteroatoms. The molecule has 23 heavy (non-hydrogen) atoms. The second-order valence-corrected chi connectivity index (χ2v) is 5.31. The molecule has 0 atom stereocenters. The molecule has 6 nitrogen and oxygen atoms in total. The minimum atomic E-state index is 0.554. The fourth-order valence-electron chi connectivity index (χ4n) is 2.29. The van der Waals surface area contributed by atoms with Crippen molar-refractivity contribution in [1.29, 1.82) is 0 Å². The van der Waals surface area contributed by atoms with Gasteiger partial charge in [0.25, 0.3) is 0 Å². The predicted octanol–water partition coefficient (Wildman–Crippen LogP) is 1.90. The van der Waals surface area contributed by atoms with Gasteiger partial charge in [0, 0.05) is 19.8 Å². The summed E-state index contributed by atoms with van der Waals surface area (Å²) < 4.78 is 1.96. The summed E-state index contributed by atoms with van der Waals surface area (Å²) in [5.41, 5.74) is 3.31. The van der Waals surface area contributed by atoms with Crippen LogP contribution in [0.3, 0.4) is 0 Å². The molecule has 0 aliphatic heterocycles. The molecule has 2 aromatic heterocycles. The summed E-state index contributed by atoms with van der Waals surface area (Å²) >= 11 is 0. The highest BCUT2D eigenvalue weighted by molar-refractivity contribution is 5.79. The maximum absolute atomic E-state index is 4.24. The summed E-state index contributed by atoms with van der Waals surface area (Å²) in [6, 6.07) is 14.3. The molecule has 1 aromatic carbocycles. The molecule has 2 N–H and O–H groups in total. The summed E-state index contributed by atoms with van der Waals surface area (Å²) in [7, 11) is 1.76. The standard InChI is InChI=1S/C17H20N6/c1-13-6-8-14(9-7-13)11-19-17(18-2)20-12-16-22-21-15-5-3-4-10-23(15)16/h3-10H,11-12H2,1-2H3,(H2,18,19,20). The average molecular weight is 308 g/mol.